The summed E-state index contributed by atoms with van der Waals surface area (Å²) in [6.07, 6.45) is 1.33. The van der Waals surface area contributed by atoms with Crippen LogP contribution in [-0.2, 0) is 4.79 Å². The zero-order valence-electron chi connectivity index (χ0n) is 19.8. The van der Waals surface area contributed by atoms with Crippen LogP contribution >= 0.6 is 0 Å². The van der Waals surface area contributed by atoms with E-state index >= 15 is 0 Å². The molecule has 2 atom stereocenters. The third kappa shape index (κ3) is 5.06. The summed E-state index contributed by atoms with van der Waals surface area (Å²) in [5, 5.41) is 13.4. The number of rotatable bonds is 5. The number of methoxy groups -OCH3 is 1. The molecule has 9 heteroatoms. The molecule has 3 aliphatic rings. The smallest absolute Gasteiger partial charge is 0.253 e. The number of β-amino-alcohol motifs (C(OH)–C–C–N with tert-alkyl or cyclic N) is 1. The monoisotopic (exact) mass is 481 g/mol. The molecule has 2 fully saturated rings. The Morgan fingerprint density at radius 3 is 2.60 bits per heavy atom. The molecule has 5 rings (SSSR count). The van der Waals surface area contributed by atoms with Gasteiger partial charge in [-0.2, -0.15) is 0 Å². The second-order valence-electron chi connectivity index (χ2n) is 9.21. The minimum atomic E-state index is -0.553. The highest BCUT2D eigenvalue weighted by Gasteiger charge is 2.41. The number of likely N-dealkylation sites (tertiary alicyclic amines) is 2. The second kappa shape index (κ2) is 10.1. The van der Waals surface area contributed by atoms with Crippen LogP contribution in [0.1, 0.15) is 29.6 Å². The van der Waals surface area contributed by atoms with Gasteiger partial charge in [0.15, 0.2) is 11.5 Å². The summed E-state index contributed by atoms with van der Waals surface area (Å²) >= 11 is 0. The fourth-order valence-corrected chi connectivity index (χ4v) is 5.19. The van der Waals surface area contributed by atoms with Gasteiger partial charge in [-0.15, -0.1) is 0 Å². The number of benzene rings is 2. The average molecular weight is 482 g/mol. The van der Waals surface area contributed by atoms with Gasteiger partial charge in [0.25, 0.3) is 5.91 Å². The lowest BCUT2D eigenvalue weighted by molar-refractivity contribution is -0.121. The van der Waals surface area contributed by atoms with Crippen LogP contribution in [0.15, 0.2) is 42.5 Å². The lowest BCUT2D eigenvalue weighted by Gasteiger charge is -2.39. The molecule has 0 bridgehead atoms. The molecule has 2 aromatic rings. The van der Waals surface area contributed by atoms with Crippen LogP contribution < -0.4 is 19.5 Å². The van der Waals surface area contributed by atoms with Crippen molar-refractivity contribution in [2.45, 2.75) is 37.5 Å². The van der Waals surface area contributed by atoms with E-state index in [0.717, 1.165) is 12.8 Å². The number of hydrogen-bond donors (Lipinski definition) is 2. The van der Waals surface area contributed by atoms with Crippen molar-refractivity contribution >= 4 is 17.5 Å². The van der Waals surface area contributed by atoms with E-state index in [9.17, 15) is 14.7 Å². The molecule has 186 valence electrons. The third-order valence-corrected chi connectivity index (χ3v) is 6.97. The molecule has 0 aliphatic carbocycles. The molecule has 0 unspecified atom stereocenters. The van der Waals surface area contributed by atoms with Crippen LogP contribution in [0.5, 0.6) is 17.2 Å². The van der Waals surface area contributed by atoms with Gasteiger partial charge < -0.3 is 29.5 Å². The van der Waals surface area contributed by atoms with Crippen LogP contribution in [0.25, 0.3) is 0 Å². The van der Waals surface area contributed by atoms with Crippen molar-refractivity contribution in [2.24, 2.45) is 0 Å². The number of carbonyl (C=O) groups is 2. The Morgan fingerprint density at radius 1 is 1.06 bits per heavy atom. The Bertz CT molecular complexity index is 1080. The molecule has 0 saturated carbocycles. The van der Waals surface area contributed by atoms with E-state index < -0.39 is 12.1 Å². The molecule has 35 heavy (non-hydrogen) atoms. The molecule has 0 radical (unpaired) electrons. The zero-order valence-corrected chi connectivity index (χ0v) is 19.8. The lowest BCUT2D eigenvalue weighted by Crippen LogP contribution is -2.51. The molecule has 2 aromatic carbocycles. The Hall–Kier alpha value is -3.30. The fraction of sp³-hybridized carbons (Fsp3) is 0.462. The summed E-state index contributed by atoms with van der Waals surface area (Å²) < 4.78 is 16.4. The summed E-state index contributed by atoms with van der Waals surface area (Å²) in [7, 11) is 1.58. The van der Waals surface area contributed by atoms with Gasteiger partial charge in [-0.05, 0) is 49.6 Å². The average Bonchev–Trinajstić information content (AvgIpc) is 3.30. The quantitative estimate of drug-likeness (QED) is 0.675. The topological polar surface area (TPSA) is 101 Å². The minimum absolute atomic E-state index is 0.0169. The lowest BCUT2D eigenvalue weighted by atomic mass is 10.0. The zero-order chi connectivity index (χ0) is 24.4. The number of nitrogens with one attached hydrogen (secondary N) is 1. The van der Waals surface area contributed by atoms with Crippen molar-refractivity contribution in [1.82, 2.24) is 9.80 Å². The van der Waals surface area contributed by atoms with Gasteiger partial charge in [-0.25, -0.2) is 0 Å². The first kappa shape index (κ1) is 23.4. The first-order chi connectivity index (χ1) is 17.0. The van der Waals surface area contributed by atoms with Gasteiger partial charge in [0.2, 0.25) is 5.91 Å². The summed E-state index contributed by atoms with van der Waals surface area (Å²) in [5.74, 6) is 1.78. The van der Waals surface area contributed by atoms with E-state index in [1.807, 2.05) is 17.0 Å². The number of amides is 2. The molecule has 2 amide bonds. The van der Waals surface area contributed by atoms with E-state index in [2.05, 4.69) is 10.2 Å². The van der Waals surface area contributed by atoms with E-state index in [-0.39, 0.29) is 17.9 Å². The van der Waals surface area contributed by atoms with Crippen molar-refractivity contribution < 1.29 is 28.9 Å². The van der Waals surface area contributed by atoms with Crippen molar-refractivity contribution in [3.8, 4) is 17.2 Å². The number of hydrogen-bond acceptors (Lipinski definition) is 7. The highest BCUT2D eigenvalue weighted by molar-refractivity contribution is 5.96. The van der Waals surface area contributed by atoms with E-state index in [1.165, 1.54) is 0 Å². The molecule has 9 nitrogen and oxygen atoms in total. The van der Waals surface area contributed by atoms with Gasteiger partial charge in [0.1, 0.15) is 19.0 Å². The van der Waals surface area contributed by atoms with Gasteiger partial charge in [0, 0.05) is 43.0 Å². The van der Waals surface area contributed by atoms with Gasteiger partial charge in [-0.3, -0.25) is 14.5 Å². The summed E-state index contributed by atoms with van der Waals surface area (Å²) in [6.45, 7) is 2.64. The van der Waals surface area contributed by atoms with Crippen molar-refractivity contribution in [3.05, 3.63) is 48.0 Å². The van der Waals surface area contributed by atoms with Crippen LogP contribution in [0.2, 0.25) is 0 Å². The summed E-state index contributed by atoms with van der Waals surface area (Å²) in [5.41, 5.74) is 1.25. The van der Waals surface area contributed by atoms with Crippen molar-refractivity contribution in [1.29, 1.82) is 0 Å². The predicted octanol–water partition coefficient (Wildman–Crippen LogP) is 2.14. The van der Waals surface area contributed by atoms with Gasteiger partial charge in [0.05, 0.1) is 19.3 Å². The van der Waals surface area contributed by atoms with Crippen LogP contribution in [0.3, 0.4) is 0 Å². The first-order valence-electron chi connectivity index (χ1n) is 12.1. The number of anilines is 1. The molecule has 3 heterocycles. The summed E-state index contributed by atoms with van der Waals surface area (Å²) in [6, 6.07) is 12.2. The first-order valence-corrected chi connectivity index (χ1v) is 12.1. The molecule has 2 saturated heterocycles. The molecular formula is C26H31N3O6. The minimum Gasteiger partial charge on any atom is -0.497 e. The molecule has 2 N–H and O–H groups in total. The number of aliphatic hydroxyl groups is 1. The maximum atomic E-state index is 13.2. The molecule has 0 spiro atoms. The van der Waals surface area contributed by atoms with Crippen LogP contribution in [0.4, 0.5) is 5.69 Å². The number of piperidine rings is 1. The largest absolute Gasteiger partial charge is 0.497 e. The van der Waals surface area contributed by atoms with Crippen LogP contribution in [-0.4, -0.2) is 84.9 Å². The highest BCUT2D eigenvalue weighted by atomic mass is 16.6. The van der Waals surface area contributed by atoms with Crippen LogP contribution in [0, 0.1) is 0 Å². The number of aliphatic hydroxyl groups excluding tert-OH is 1. The van der Waals surface area contributed by atoms with E-state index in [0.29, 0.717) is 67.8 Å². The van der Waals surface area contributed by atoms with E-state index in [4.69, 9.17) is 14.2 Å². The SMILES string of the molecule is COc1cccc(C(=O)N2CCC(N3C[C@H](O)C[C@H]3C(=O)Nc3ccc4c(c3)OCCO4)CC2)c1. The Balaban J connectivity index is 1.21. The number of fused-ring (bicyclic) bond motifs is 1. The Kier molecular flexibility index (Phi) is 6.79. The highest BCUT2D eigenvalue weighted by Crippen LogP contribution is 2.33. The van der Waals surface area contributed by atoms with E-state index in [1.54, 1.807) is 37.4 Å². The predicted molar refractivity (Wildman–Crippen MR) is 129 cm³/mol. The van der Waals surface area contributed by atoms with Gasteiger partial charge >= 0.3 is 0 Å². The normalized spacial score (nSPS) is 22.6. The molecule has 0 aromatic heterocycles. The number of carbonyl (C=O) groups excluding carboxylic acids is 2. The standard InChI is InChI=1S/C26H31N3O6/c1-33-21-4-2-3-17(13-21)26(32)28-9-7-19(8-10-28)29-16-20(30)15-22(29)25(31)27-18-5-6-23-24(14-18)35-12-11-34-23/h2-6,13-14,19-20,22,30H,7-12,15-16H2,1H3,(H,27,31)/t20-,22+/m1/s1. The maximum Gasteiger partial charge on any atom is 0.253 e. The third-order valence-electron chi connectivity index (χ3n) is 6.97. The Morgan fingerprint density at radius 2 is 1.83 bits per heavy atom. The fourth-order valence-electron chi connectivity index (χ4n) is 5.19. The summed E-state index contributed by atoms with van der Waals surface area (Å²) in [4.78, 5) is 30.1. The maximum absolute atomic E-state index is 13.2. The van der Waals surface area contributed by atoms with Crippen molar-refractivity contribution in [2.75, 3.05) is 45.3 Å². The number of ether oxygens (including phenoxy) is 3. The number of nitrogens with zero attached hydrogens (tertiary/aromatic N) is 2. The van der Waals surface area contributed by atoms with Gasteiger partial charge in [-0.1, -0.05) is 6.07 Å². The van der Waals surface area contributed by atoms with Crippen molar-refractivity contribution in [3.63, 3.8) is 0 Å². The molecular weight excluding hydrogens is 450 g/mol. The second-order valence-corrected chi connectivity index (χ2v) is 9.21. The molecule has 3 aliphatic heterocycles. The Labute approximate surface area is 204 Å².